The van der Waals surface area contributed by atoms with Gasteiger partial charge in [-0.2, -0.15) is 0 Å². The summed E-state index contributed by atoms with van der Waals surface area (Å²) in [5.41, 5.74) is 0. The maximum absolute atomic E-state index is 12.9. The summed E-state index contributed by atoms with van der Waals surface area (Å²) < 4.78 is 25.7. The first-order valence-corrected chi connectivity index (χ1v) is 4.65. The highest BCUT2D eigenvalue weighted by molar-refractivity contribution is 5.06. The molecule has 0 heterocycles. The summed E-state index contributed by atoms with van der Waals surface area (Å²) in [6.07, 6.45) is 2.80. The van der Waals surface area contributed by atoms with Crippen LogP contribution in [0.4, 0.5) is 8.78 Å². The Balaban J connectivity index is 1.92. The van der Waals surface area contributed by atoms with E-state index in [0.29, 0.717) is 12.8 Å². The van der Waals surface area contributed by atoms with Crippen molar-refractivity contribution in [1.29, 1.82) is 0 Å². The van der Waals surface area contributed by atoms with Crippen molar-refractivity contribution in [3.8, 4) is 0 Å². The molecule has 2 rings (SSSR count). The Morgan fingerprint density at radius 3 is 2.00 bits per heavy atom. The lowest BCUT2D eigenvalue weighted by molar-refractivity contribution is 0.0723. The van der Waals surface area contributed by atoms with Crippen LogP contribution in [0.25, 0.3) is 0 Å². The van der Waals surface area contributed by atoms with E-state index in [-0.39, 0.29) is 24.4 Å². The molecule has 0 aromatic carbocycles. The molecule has 0 aliphatic heterocycles. The van der Waals surface area contributed by atoms with Crippen LogP contribution in [0, 0.1) is 17.8 Å². The first kappa shape index (κ1) is 8.42. The molecule has 0 radical (unpaired) electrons. The van der Waals surface area contributed by atoms with E-state index in [9.17, 15) is 8.78 Å². The number of aliphatic hydroxyl groups excluding tert-OH is 1. The number of halogens is 2. The van der Waals surface area contributed by atoms with Crippen LogP contribution in [0.3, 0.4) is 0 Å². The minimum absolute atomic E-state index is 0.172. The standard InChI is InChI=1S/C9H14F2O/c10-9(11)7-3-1-6(5-12)2-4-8(7)9/h6-8,12H,1-5H2. The molecule has 12 heavy (non-hydrogen) atoms. The highest BCUT2D eigenvalue weighted by Gasteiger charge is 2.67. The molecule has 0 aromatic rings. The second-order valence-corrected chi connectivity index (χ2v) is 4.09. The molecule has 1 N–H and O–H groups in total. The highest BCUT2D eigenvalue weighted by Crippen LogP contribution is 2.61. The van der Waals surface area contributed by atoms with E-state index < -0.39 is 5.92 Å². The van der Waals surface area contributed by atoms with Gasteiger partial charge < -0.3 is 5.11 Å². The largest absolute Gasteiger partial charge is 0.396 e. The van der Waals surface area contributed by atoms with Crippen LogP contribution in [0.1, 0.15) is 25.7 Å². The highest BCUT2D eigenvalue weighted by atomic mass is 19.3. The van der Waals surface area contributed by atoms with Gasteiger partial charge in [-0.3, -0.25) is 0 Å². The summed E-state index contributed by atoms with van der Waals surface area (Å²) in [6.45, 7) is 0.172. The van der Waals surface area contributed by atoms with Crippen molar-refractivity contribution in [2.24, 2.45) is 17.8 Å². The van der Waals surface area contributed by atoms with Crippen molar-refractivity contribution in [3.05, 3.63) is 0 Å². The number of fused-ring (bicyclic) bond motifs is 1. The maximum atomic E-state index is 12.9. The van der Waals surface area contributed by atoms with Crippen LogP contribution >= 0.6 is 0 Å². The predicted molar refractivity (Wildman–Crippen MR) is 41.0 cm³/mol. The topological polar surface area (TPSA) is 20.2 Å². The second-order valence-electron chi connectivity index (χ2n) is 4.09. The molecule has 1 nitrogen and oxygen atoms in total. The maximum Gasteiger partial charge on any atom is 0.254 e. The molecule has 2 fully saturated rings. The van der Waals surface area contributed by atoms with E-state index in [1.165, 1.54) is 0 Å². The third kappa shape index (κ3) is 1.15. The van der Waals surface area contributed by atoms with E-state index in [4.69, 9.17) is 5.11 Å². The van der Waals surface area contributed by atoms with Gasteiger partial charge in [-0.15, -0.1) is 0 Å². The quantitative estimate of drug-likeness (QED) is 0.648. The number of rotatable bonds is 1. The van der Waals surface area contributed by atoms with E-state index in [1.54, 1.807) is 0 Å². The molecule has 0 saturated heterocycles. The summed E-state index contributed by atoms with van der Waals surface area (Å²) in [5.74, 6) is -2.78. The van der Waals surface area contributed by atoms with Gasteiger partial charge in [0.15, 0.2) is 0 Å². The molecule has 2 atom stereocenters. The molecule has 2 aliphatic rings. The number of aliphatic hydroxyl groups is 1. The van der Waals surface area contributed by atoms with Crippen LogP contribution in [0.2, 0.25) is 0 Å². The first-order chi connectivity index (χ1) is 5.66. The summed E-state index contributed by atoms with van der Waals surface area (Å²) in [7, 11) is 0. The van der Waals surface area contributed by atoms with Gasteiger partial charge in [-0.05, 0) is 31.6 Å². The van der Waals surface area contributed by atoms with Crippen LogP contribution in [0.5, 0.6) is 0 Å². The Labute approximate surface area is 70.8 Å². The van der Waals surface area contributed by atoms with Crippen LogP contribution in [-0.2, 0) is 0 Å². The molecular formula is C9H14F2O. The zero-order valence-electron chi connectivity index (χ0n) is 6.97. The summed E-state index contributed by atoms with van der Waals surface area (Å²) in [4.78, 5) is 0. The zero-order valence-corrected chi connectivity index (χ0v) is 6.97. The smallest absolute Gasteiger partial charge is 0.254 e. The number of alkyl halides is 2. The molecule has 2 unspecified atom stereocenters. The lowest BCUT2D eigenvalue weighted by atomic mass is 9.99. The van der Waals surface area contributed by atoms with E-state index in [0.717, 1.165) is 12.8 Å². The van der Waals surface area contributed by atoms with Gasteiger partial charge >= 0.3 is 0 Å². The molecule has 70 valence electrons. The van der Waals surface area contributed by atoms with Gasteiger partial charge in [0.2, 0.25) is 0 Å². The Hall–Kier alpha value is -0.180. The van der Waals surface area contributed by atoms with Crippen molar-refractivity contribution in [3.63, 3.8) is 0 Å². The summed E-state index contributed by atoms with van der Waals surface area (Å²) in [6, 6.07) is 0. The van der Waals surface area contributed by atoms with Crippen molar-refractivity contribution < 1.29 is 13.9 Å². The van der Waals surface area contributed by atoms with Gasteiger partial charge in [-0.25, -0.2) is 8.78 Å². The van der Waals surface area contributed by atoms with Crippen molar-refractivity contribution in [2.45, 2.75) is 31.6 Å². The Bertz CT molecular complexity index is 165. The van der Waals surface area contributed by atoms with Gasteiger partial charge in [0, 0.05) is 18.4 Å². The molecule has 0 amide bonds. The zero-order chi connectivity index (χ0) is 8.77. The van der Waals surface area contributed by atoms with Gasteiger partial charge in [-0.1, -0.05) is 0 Å². The molecular weight excluding hydrogens is 162 g/mol. The van der Waals surface area contributed by atoms with Crippen LogP contribution in [-0.4, -0.2) is 17.6 Å². The third-order valence-electron chi connectivity index (χ3n) is 3.40. The minimum Gasteiger partial charge on any atom is -0.396 e. The molecule has 2 aliphatic carbocycles. The SMILES string of the molecule is OCC1CCC2C(CC1)C2(F)F. The van der Waals surface area contributed by atoms with Crippen LogP contribution < -0.4 is 0 Å². The average Bonchev–Trinajstić information content (AvgIpc) is 2.63. The normalized spacial score (nSPS) is 44.8. The van der Waals surface area contributed by atoms with Crippen LogP contribution in [0.15, 0.2) is 0 Å². The number of hydrogen-bond acceptors (Lipinski definition) is 1. The lowest BCUT2D eigenvalue weighted by Gasteiger charge is -2.11. The van der Waals surface area contributed by atoms with Gasteiger partial charge in [0.25, 0.3) is 5.92 Å². The van der Waals surface area contributed by atoms with E-state index in [1.807, 2.05) is 0 Å². The minimum atomic E-state index is -2.36. The van der Waals surface area contributed by atoms with Gasteiger partial charge in [0.1, 0.15) is 0 Å². The van der Waals surface area contributed by atoms with Crippen molar-refractivity contribution in [1.82, 2.24) is 0 Å². The lowest BCUT2D eigenvalue weighted by Crippen LogP contribution is -2.08. The number of hydrogen-bond donors (Lipinski definition) is 1. The molecule has 0 bridgehead atoms. The molecule has 0 aromatic heterocycles. The monoisotopic (exact) mass is 176 g/mol. The van der Waals surface area contributed by atoms with E-state index in [2.05, 4.69) is 0 Å². The Kier molecular flexibility index (Phi) is 1.86. The second kappa shape index (κ2) is 2.66. The Morgan fingerprint density at radius 2 is 1.58 bits per heavy atom. The summed E-state index contributed by atoms with van der Waals surface area (Å²) in [5, 5.41) is 8.86. The Morgan fingerprint density at radius 1 is 1.08 bits per heavy atom. The van der Waals surface area contributed by atoms with Gasteiger partial charge in [0.05, 0.1) is 0 Å². The first-order valence-electron chi connectivity index (χ1n) is 4.65. The molecule has 2 saturated carbocycles. The predicted octanol–water partition coefficient (Wildman–Crippen LogP) is 2.05. The van der Waals surface area contributed by atoms with E-state index >= 15 is 0 Å². The van der Waals surface area contributed by atoms with Crippen molar-refractivity contribution in [2.75, 3.05) is 6.61 Å². The third-order valence-corrected chi connectivity index (χ3v) is 3.40. The molecule has 3 heteroatoms. The fourth-order valence-electron chi connectivity index (χ4n) is 2.41. The fraction of sp³-hybridized carbons (Fsp3) is 1.00. The van der Waals surface area contributed by atoms with Crippen molar-refractivity contribution >= 4 is 0 Å². The summed E-state index contributed by atoms with van der Waals surface area (Å²) >= 11 is 0. The average molecular weight is 176 g/mol. The molecule has 0 spiro atoms. The fourth-order valence-corrected chi connectivity index (χ4v) is 2.41.